The molecule has 0 amide bonds. The smallest absolute Gasteiger partial charge is 0.235 e. The van der Waals surface area contributed by atoms with Crippen molar-refractivity contribution in [2.75, 3.05) is 14.2 Å². The number of hydrogen-bond donors (Lipinski definition) is 0. The summed E-state index contributed by atoms with van der Waals surface area (Å²) in [6.07, 6.45) is 4.20. The van der Waals surface area contributed by atoms with Gasteiger partial charge in [-0.1, -0.05) is 11.6 Å². The Morgan fingerprint density at radius 1 is 1.37 bits per heavy atom. The van der Waals surface area contributed by atoms with Crippen molar-refractivity contribution in [2.45, 2.75) is 31.7 Å². The number of ether oxygens (including phenoxy) is 2. The van der Waals surface area contributed by atoms with E-state index in [2.05, 4.69) is 4.99 Å². The molecule has 1 aliphatic carbocycles. The van der Waals surface area contributed by atoms with Gasteiger partial charge in [0.15, 0.2) is 0 Å². The number of isocyanates is 1. The summed E-state index contributed by atoms with van der Waals surface area (Å²) in [5.74, 6) is 1.24. The molecule has 0 N–H and O–H groups in total. The van der Waals surface area contributed by atoms with E-state index in [1.807, 2.05) is 13.0 Å². The Balaban J connectivity index is 2.70. The molecule has 5 heteroatoms. The lowest BCUT2D eigenvalue weighted by Gasteiger charge is -2.38. The minimum absolute atomic E-state index is 0.470. The van der Waals surface area contributed by atoms with Gasteiger partial charge in [-0.3, -0.25) is 0 Å². The highest BCUT2D eigenvalue weighted by atomic mass is 35.5. The molecule has 0 aromatic heterocycles. The first-order chi connectivity index (χ1) is 9.09. The van der Waals surface area contributed by atoms with E-state index in [9.17, 15) is 4.79 Å². The van der Waals surface area contributed by atoms with Crippen LogP contribution in [-0.2, 0) is 10.3 Å². The predicted octanol–water partition coefficient (Wildman–Crippen LogP) is 3.38. The maximum absolute atomic E-state index is 10.7. The van der Waals surface area contributed by atoms with Gasteiger partial charge in [0.1, 0.15) is 17.0 Å². The summed E-state index contributed by atoms with van der Waals surface area (Å²) < 4.78 is 10.7. The first kappa shape index (κ1) is 13.9. The third-order valence-electron chi connectivity index (χ3n) is 3.70. The van der Waals surface area contributed by atoms with Crippen LogP contribution in [0.15, 0.2) is 11.1 Å². The molecular weight excluding hydrogens is 266 g/mol. The van der Waals surface area contributed by atoms with Crippen LogP contribution in [0, 0.1) is 6.92 Å². The summed E-state index contributed by atoms with van der Waals surface area (Å²) in [4.78, 5) is 14.7. The number of hydrogen-bond acceptors (Lipinski definition) is 4. The lowest BCUT2D eigenvalue weighted by molar-refractivity contribution is 0.245. The van der Waals surface area contributed by atoms with Gasteiger partial charge < -0.3 is 9.47 Å². The first-order valence-electron chi connectivity index (χ1n) is 6.10. The molecule has 0 bridgehead atoms. The Labute approximate surface area is 117 Å². The Morgan fingerprint density at radius 2 is 2.05 bits per heavy atom. The molecule has 0 saturated heterocycles. The zero-order valence-corrected chi connectivity index (χ0v) is 12.0. The van der Waals surface area contributed by atoms with Gasteiger partial charge >= 0.3 is 0 Å². The van der Waals surface area contributed by atoms with Gasteiger partial charge in [-0.2, -0.15) is 4.99 Å². The van der Waals surface area contributed by atoms with Gasteiger partial charge in [-0.15, -0.1) is 0 Å². The number of rotatable bonds is 4. The Hall–Kier alpha value is -1.51. The fourth-order valence-corrected chi connectivity index (χ4v) is 3.09. The summed E-state index contributed by atoms with van der Waals surface area (Å²) in [5, 5.41) is 0.470. The van der Waals surface area contributed by atoms with E-state index < -0.39 is 5.54 Å². The zero-order chi connectivity index (χ0) is 14.0. The second kappa shape index (κ2) is 5.24. The van der Waals surface area contributed by atoms with Crippen molar-refractivity contribution < 1.29 is 14.3 Å². The minimum Gasteiger partial charge on any atom is -0.496 e. The second-order valence-electron chi connectivity index (χ2n) is 4.71. The number of benzene rings is 1. The zero-order valence-electron chi connectivity index (χ0n) is 11.2. The van der Waals surface area contributed by atoms with Crippen LogP contribution in [0.2, 0.25) is 5.02 Å². The van der Waals surface area contributed by atoms with Crippen LogP contribution in [-0.4, -0.2) is 20.3 Å². The molecule has 0 heterocycles. The van der Waals surface area contributed by atoms with E-state index in [0.717, 1.165) is 30.4 Å². The summed E-state index contributed by atoms with van der Waals surface area (Å²) in [7, 11) is 3.15. The SMILES string of the molecule is COc1cc(C)c(OC)c(Cl)c1C1(N=C=O)CCC1. The van der Waals surface area contributed by atoms with Crippen LogP contribution < -0.4 is 9.47 Å². The lowest BCUT2D eigenvalue weighted by atomic mass is 9.71. The summed E-state index contributed by atoms with van der Waals surface area (Å²) in [6, 6.07) is 1.86. The molecule has 2 rings (SSSR count). The number of aryl methyl sites for hydroxylation is 1. The van der Waals surface area contributed by atoms with Gasteiger partial charge in [0.25, 0.3) is 0 Å². The molecule has 1 saturated carbocycles. The quantitative estimate of drug-likeness (QED) is 0.628. The van der Waals surface area contributed by atoms with E-state index in [1.54, 1.807) is 20.3 Å². The molecule has 0 atom stereocenters. The van der Waals surface area contributed by atoms with E-state index >= 15 is 0 Å². The molecule has 0 aliphatic heterocycles. The molecule has 102 valence electrons. The van der Waals surface area contributed by atoms with Gasteiger partial charge in [0, 0.05) is 5.56 Å². The third kappa shape index (κ3) is 2.11. The fourth-order valence-electron chi connectivity index (χ4n) is 2.59. The van der Waals surface area contributed by atoms with Gasteiger partial charge in [-0.25, -0.2) is 4.79 Å². The molecule has 1 aliphatic rings. The number of methoxy groups -OCH3 is 2. The van der Waals surface area contributed by atoms with E-state index in [1.165, 1.54) is 0 Å². The monoisotopic (exact) mass is 281 g/mol. The third-order valence-corrected chi connectivity index (χ3v) is 4.06. The molecule has 1 aromatic carbocycles. The molecule has 1 aromatic rings. The summed E-state index contributed by atoms with van der Waals surface area (Å²) >= 11 is 6.44. The van der Waals surface area contributed by atoms with Crippen molar-refractivity contribution in [3.05, 3.63) is 22.2 Å². The van der Waals surface area contributed by atoms with Crippen LogP contribution >= 0.6 is 11.6 Å². The maximum Gasteiger partial charge on any atom is 0.235 e. The van der Waals surface area contributed by atoms with E-state index in [-0.39, 0.29) is 0 Å². The Morgan fingerprint density at radius 3 is 2.47 bits per heavy atom. The van der Waals surface area contributed by atoms with E-state index in [4.69, 9.17) is 21.1 Å². The number of nitrogens with zero attached hydrogens (tertiary/aromatic N) is 1. The molecular formula is C14H16ClNO3. The fraction of sp³-hybridized carbons (Fsp3) is 0.500. The minimum atomic E-state index is -0.606. The second-order valence-corrected chi connectivity index (χ2v) is 5.08. The molecule has 0 radical (unpaired) electrons. The van der Waals surface area contributed by atoms with Crippen LogP contribution in [0.4, 0.5) is 0 Å². The molecule has 0 spiro atoms. The molecule has 4 nitrogen and oxygen atoms in total. The van der Waals surface area contributed by atoms with Crippen molar-refractivity contribution in [1.29, 1.82) is 0 Å². The van der Waals surface area contributed by atoms with Crippen molar-refractivity contribution in [2.24, 2.45) is 4.99 Å². The Kier molecular flexibility index (Phi) is 3.83. The highest BCUT2D eigenvalue weighted by Crippen LogP contribution is 2.53. The molecule has 19 heavy (non-hydrogen) atoms. The predicted molar refractivity (Wildman–Crippen MR) is 72.9 cm³/mol. The van der Waals surface area contributed by atoms with Crippen LogP contribution in [0.1, 0.15) is 30.4 Å². The topological polar surface area (TPSA) is 47.9 Å². The van der Waals surface area contributed by atoms with Crippen molar-refractivity contribution in [3.8, 4) is 11.5 Å². The summed E-state index contributed by atoms with van der Waals surface area (Å²) in [6.45, 7) is 1.90. The van der Waals surface area contributed by atoms with Gasteiger partial charge in [0.05, 0.1) is 19.2 Å². The number of halogens is 1. The maximum atomic E-state index is 10.7. The van der Waals surface area contributed by atoms with Gasteiger partial charge in [-0.05, 0) is 37.8 Å². The average Bonchev–Trinajstić information content (AvgIpc) is 2.34. The van der Waals surface area contributed by atoms with Crippen LogP contribution in [0.5, 0.6) is 11.5 Å². The lowest BCUT2D eigenvalue weighted by Crippen LogP contribution is -2.33. The van der Waals surface area contributed by atoms with Crippen LogP contribution in [0.25, 0.3) is 0 Å². The van der Waals surface area contributed by atoms with Crippen molar-refractivity contribution in [3.63, 3.8) is 0 Å². The first-order valence-corrected chi connectivity index (χ1v) is 6.48. The standard InChI is InChI=1S/C14H16ClNO3/c1-9-7-10(18-2)11(12(15)13(9)19-3)14(16-8-17)5-4-6-14/h7H,4-6H2,1-3H3. The average molecular weight is 282 g/mol. The molecule has 1 fully saturated rings. The summed E-state index contributed by atoms with van der Waals surface area (Å²) in [5.41, 5.74) is 1.01. The largest absolute Gasteiger partial charge is 0.496 e. The van der Waals surface area contributed by atoms with Gasteiger partial charge in [0.2, 0.25) is 6.08 Å². The van der Waals surface area contributed by atoms with Crippen molar-refractivity contribution >= 4 is 17.7 Å². The van der Waals surface area contributed by atoms with Crippen LogP contribution in [0.3, 0.4) is 0 Å². The van der Waals surface area contributed by atoms with E-state index in [0.29, 0.717) is 16.5 Å². The normalized spacial score (nSPS) is 16.2. The highest BCUT2D eigenvalue weighted by molar-refractivity contribution is 6.33. The highest BCUT2D eigenvalue weighted by Gasteiger charge is 2.43. The number of carbonyl (C=O) groups excluding carboxylic acids is 1. The number of aliphatic imine (C=N–C) groups is 1. The van der Waals surface area contributed by atoms with Crippen molar-refractivity contribution in [1.82, 2.24) is 0 Å². The molecule has 0 unspecified atom stereocenters. The Bertz CT molecular complexity index is 546.